The van der Waals surface area contributed by atoms with E-state index in [1.165, 1.54) is 11.0 Å². The van der Waals surface area contributed by atoms with E-state index in [1.54, 1.807) is 6.92 Å². The molecular formula is C11H17NO3. The van der Waals surface area contributed by atoms with E-state index in [9.17, 15) is 9.59 Å². The Bertz CT molecular complexity index is 294. The minimum atomic E-state index is -0.231. The van der Waals surface area contributed by atoms with Crippen molar-refractivity contribution in [3.63, 3.8) is 0 Å². The highest BCUT2D eigenvalue weighted by atomic mass is 16.5. The van der Waals surface area contributed by atoms with Crippen LogP contribution in [0.2, 0.25) is 0 Å². The van der Waals surface area contributed by atoms with E-state index in [0.29, 0.717) is 31.2 Å². The van der Waals surface area contributed by atoms with Gasteiger partial charge in [0.1, 0.15) is 0 Å². The van der Waals surface area contributed by atoms with Crippen LogP contribution in [0.15, 0.2) is 11.6 Å². The highest BCUT2D eigenvalue weighted by Gasteiger charge is 2.27. The Morgan fingerprint density at radius 2 is 2.07 bits per heavy atom. The molecule has 0 spiro atoms. The van der Waals surface area contributed by atoms with Crippen LogP contribution in [0.3, 0.4) is 0 Å². The van der Waals surface area contributed by atoms with Crippen LogP contribution in [0.25, 0.3) is 0 Å². The van der Waals surface area contributed by atoms with Crippen LogP contribution < -0.4 is 0 Å². The molecule has 1 aliphatic heterocycles. The molecule has 1 aliphatic rings. The van der Waals surface area contributed by atoms with Crippen molar-refractivity contribution in [3.05, 3.63) is 11.6 Å². The summed E-state index contributed by atoms with van der Waals surface area (Å²) in [5.74, 6) is 0.0358. The Labute approximate surface area is 89.9 Å². The van der Waals surface area contributed by atoms with Crippen LogP contribution in [0.5, 0.6) is 0 Å². The van der Waals surface area contributed by atoms with Gasteiger partial charge in [0.05, 0.1) is 13.2 Å². The Hall–Kier alpha value is -1.16. The number of carbonyl (C=O) groups is 2. The molecule has 0 N–H and O–H groups in total. The first-order valence-corrected chi connectivity index (χ1v) is 5.14. The van der Waals surface area contributed by atoms with Crippen LogP contribution >= 0.6 is 0 Å². The summed E-state index contributed by atoms with van der Waals surface area (Å²) < 4.78 is 5.32. The molecule has 2 amide bonds. The molecule has 0 aromatic heterocycles. The van der Waals surface area contributed by atoms with Crippen molar-refractivity contribution >= 4 is 11.8 Å². The van der Waals surface area contributed by atoms with Gasteiger partial charge >= 0.3 is 0 Å². The monoisotopic (exact) mass is 211 g/mol. The van der Waals surface area contributed by atoms with E-state index in [-0.39, 0.29) is 11.8 Å². The molecule has 0 saturated heterocycles. The van der Waals surface area contributed by atoms with Gasteiger partial charge in [0.2, 0.25) is 0 Å². The number of carbonyl (C=O) groups excluding carboxylic acids is 2. The third-order valence-electron chi connectivity index (χ3n) is 2.10. The summed E-state index contributed by atoms with van der Waals surface area (Å²) in [5, 5.41) is 0. The second kappa shape index (κ2) is 5.07. The highest BCUT2D eigenvalue weighted by Crippen LogP contribution is 2.11. The van der Waals surface area contributed by atoms with Gasteiger partial charge in [-0.05, 0) is 12.8 Å². The first-order valence-electron chi connectivity index (χ1n) is 5.14. The van der Waals surface area contributed by atoms with Gasteiger partial charge in [-0.25, -0.2) is 0 Å². The smallest absolute Gasteiger partial charge is 0.256 e. The van der Waals surface area contributed by atoms with Crippen LogP contribution in [-0.4, -0.2) is 36.5 Å². The van der Waals surface area contributed by atoms with E-state index in [1.807, 2.05) is 0 Å². The number of hydrogen-bond acceptors (Lipinski definition) is 3. The minimum Gasteiger partial charge on any atom is -0.379 e. The van der Waals surface area contributed by atoms with E-state index >= 15 is 0 Å². The van der Waals surface area contributed by atoms with Crippen LogP contribution in [0, 0.1) is 5.92 Å². The molecule has 15 heavy (non-hydrogen) atoms. The fraction of sp³-hybridized carbons (Fsp3) is 0.636. The Morgan fingerprint density at radius 1 is 1.40 bits per heavy atom. The van der Waals surface area contributed by atoms with Crippen molar-refractivity contribution in [1.29, 1.82) is 0 Å². The molecule has 0 radical (unpaired) electrons. The number of imide groups is 1. The molecule has 0 unspecified atom stereocenters. The Kier molecular flexibility index (Phi) is 4.03. The van der Waals surface area contributed by atoms with Crippen molar-refractivity contribution in [3.8, 4) is 0 Å². The third-order valence-corrected chi connectivity index (χ3v) is 2.10. The maximum Gasteiger partial charge on any atom is 0.256 e. The molecule has 0 atom stereocenters. The van der Waals surface area contributed by atoms with Gasteiger partial charge in [0.15, 0.2) is 0 Å². The van der Waals surface area contributed by atoms with Crippen LogP contribution in [0.1, 0.15) is 20.8 Å². The second-order valence-corrected chi connectivity index (χ2v) is 4.09. The minimum absolute atomic E-state index is 0.201. The van der Waals surface area contributed by atoms with Gasteiger partial charge in [-0.2, -0.15) is 0 Å². The van der Waals surface area contributed by atoms with Gasteiger partial charge in [0, 0.05) is 18.3 Å². The standard InChI is InChI=1S/C11H17NO3/c1-8(2)7-15-5-4-12-10(13)6-9(3)11(12)14/h6,8H,4-5,7H2,1-3H3. The summed E-state index contributed by atoms with van der Waals surface area (Å²) in [6.07, 6.45) is 1.37. The number of amides is 2. The molecule has 0 aromatic rings. The lowest BCUT2D eigenvalue weighted by atomic mass is 10.2. The van der Waals surface area contributed by atoms with Gasteiger partial charge in [-0.15, -0.1) is 0 Å². The summed E-state index contributed by atoms with van der Waals surface area (Å²) >= 11 is 0. The van der Waals surface area contributed by atoms with Crippen molar-refractivity contribution in [1.82, 2.24) is 4.90 Å². The quantitative estimate of drug-likeness (QED) is 0.503. The molecule has 84 valence electrons. The van der Waals surface area contributed by atoms with Crippen LogP contribution in [0.4, 0.5) is 0 Å². The van der Waals surface area contributed by atoms with Crippen molar-refractivity contribution in [2.45, 2.75) is 20.8 Å². The number of rotatable bonds is 5. The zero-order chi connectivity index (χ0) is 11.4. The summed E-state index contributed by atoms with van der Waals surface area (Å²) in [6, 6.07) is 0. The van der Waals surface area contributed by atoms with E-state index in [0.717, 1.165) is 0 Å². The lowest BCUT2D eigenvalue weighted by Crippen LogP contribution is -2.34. The van der Waals surface area contributed by atoms with Gasteiger partial charge in [-0.1, -0.05) is 13.8 Å². The molecular weight excluding hydrogens is 194 g/mol. The van der Waals surface area contributed by atoms with Crippen molar-refractivity contribution < 1.29 is 14.3 Å². The predicted molar refractivity (Wildman–Crippen MR) is 56.1 cm³/mol. The number of ether oxygens (including phenoxy) is 1. The number of nitrogens with zero attached hydrogens (tertiary/aromatic N) is 1. The van der Waals surface area contributed by atoms with Gasteiger partial charge in [0.25, 0.3) is 11.8 Å². The average molecular weight is 211 g/mol. The third kappa shape index (κ3) is 3.16. The lowest BCUT2D eigenvalue weighted by Gasteiger charge is -2.14. The summed E-state index contributed by atoms with van der Waals surface area (Å²) in [6.45, 7) is 7.17. The molecule has 0 aliphatic carbocycles. The maximum absolute atomic E-state index is 11.4. The zero-order valence-electron chi connectivity index (χ0n) is 9.45. The van der Waals surface area contributed by atoms with E-state index < -0.39 is 0 Å². The first kappa shape index (κ1) is 11.9. The normalized spacial score (nSPS) is 16.5. The van der Waals surface area contributed by atoms with E-state index in [2.05, 4.69) is 13.8 Å². The van der Waals surface area contributed by atoms with E-state index in [4.69, 9.17) is 4.74 Å². The first-order chi connectivity index (χ1) is 7.02. The molecule has 0 aromatic carbocycles. The molecule has 4 nitrogen and oxygen atoms in total. The molecule has 4 heteroatoms. The maximum atomic E-state index is 11.4. The SMILES string of the molecule is CC1=CC(=O)N(CCOCC(C)C)C1=O. The predicted octanol–water partition coefficient (Wildman–Crippen LogP) is 0.974. The fourth-order valence-corrected chi connectivity index (χ4v) is 1.32. The average Bonchev–Trinajstić information content (AvgIpc) is 2.37. The molecule has 0 fully saturated rings. The van der Waals surface area contributed by atoms with Crippen molar-refractivity contribution in [2.75, 3.05) is 19.8 Å². The van der Waals surface area contributed by atoms with Crippen LogP contribution in [-0.2, 0) is 14.3 Å². The largest absolute Gasteiger partial charge is 0.379 e. The van der Waals surface area contributed by atoms with Gasteiger partial charge < -0.3 is 4.74 Å². The lowest BCUT2D eigenvalue weighted by molar-refractivity contribution is -0.138. The molecule has 1 heterocycles. The Balaban J connectivity index is 2.29. The summed E-state index contributed by atoms with van der Waals surface area (Å²) in [7, 11) is 0. The van der Waals surface area contributed by atoms with Gasteiger partial charge in [-0.3, -0.25) is 14.5 Å². The zero-order valence-corrected chi connectivity index (χ0v) is 9.45. The number of hydrogen-bond donors (Lipinski definition) is 0. The molecule has 1 rings (SSSR count). The fourth-order valence-electron chi connectivity index (χ4n) is 1.32. The molecule has 0 bridgehead atoms. The molecule has 0 saturated carbocycles. The summed E-state index contributed by atoms with van der Waals surface area (Å²) in [5.41, 5.74) is 0.504. The summed E-state index contributed by atoms with van der Waals surface area (Å²) in [4.78, 5) is 23.9. The Morgan fingerprint density at radius 3 is 2.53 bits per heavy atom. The highest BCUT2D eigenvalue weighted by molar-refractivity contribution is 6.15. The topological polar surface area (TPSA) is 46.6 Å². The van der Waals surface area contributed by atoms with Crippen molar-refractivity contribution in [2.24, 2.45) is 5.92 Å². The second-order valence-electron chi connectivity index (χ2n) is 4.09.